The van der Waals surface area contributed by atoms with E-state index in [0.717, 1.165) is 6.07 Å². The van der Waals surface area contributed by atoms with E-state index in [2.05, 4.69) is 5.32 Å². The molecule has 2 heterocycles. The third-order valence-corrected chi connectivity index (χ3v) is 7.84. The summed E-state index contributed by atoms with van der Waals surface area (Å²) in [5.41, 5.74) is 0.243. The van der Waals surface area contributed by atoms with Crippen molar-refractivity contribution in [2.45, 2.75) is 17.9 Å². The van der Waals surface area contributed by atoms with E-state index in [9.17, 15) is 28.1 Å². The number of non-ortho nitro benzene ring substituents is 1. The number of amides is 2. The third-order valence-electron chi connectivity index (χ3n) is 5.94. The number of nitrogens with one attached hydrogen (secondary N) is 1. The van der Waals surface area contributed by atoms with Crippen LogP contribution in [0.4, 0.5) is 26.2 Å². The third kappa shape index (κ3) is 5.23. The lowest BCUT2D eigenvalue weighted by molar-refractivity contribution is -0.385. The van der Waals surface area contributed by atoms with Crippen LogP contribution in [0.5, 0.6) is 0 Å². The summed E-state index contributed by atoms with van der Waals surface area (Å²) in [6, 6.07) is 9.16. The van der Waals surface area contributed by atoms with Gasteiger partial charge in [0, 0.05) is 45.2 Å². The zero-order valence-electron chi connectivity index (χ0n) is 19.3. The van der Waals surface area contributed by atoms with E-state index >= 15 is 4.39 Å². The highest BCUT2D eigenvalue weighted by molar-refractivity contribution is 7.89. The van der Waals surface area contributed by atoms with Crippen LogP contribution in [0, 0.1) is 15.9 Å². The number of piperazine rings is 1. The maximum atomic E-state index is 15.0. The van der Waals surface area contributed by atoms with Gasteiger partial charge < -0.3 is 15.0 Å². The first-order valence-corrected chi connectivity index (χ1v) is 12.5. The molecule has 0 radical (unpaired) electrons. The molecule has 12 nitrogen and oxygen atoms in total. The minimum Gasteiger partial charge on any atom is -0.442 e. The molecule has 0 saturated carbocycles. The largest absolute Gasteiger partial charge is 0.442 e. The number of carbonyl (C=O) groups is 2. The number of halogens is 1. The summed E-state index contributed by atoms with van der Waals surface area (Å²) in [5, 5.41) is 13.6. The van der Waals surface area contributed by atoms with Gasteiger partial charge in [-0.05, 0) is 24.3 Å². The molecule has 2 aromatic rings. The molecule has 2 fully saturated rings. The van der Waals surface area contributed by atoms with Crippen molar-refractivity contribution >= 4 is 39.1 Å². The van der Waals surface area contributed by atoms with Gasteiger partial charge in [-0.3, -0.25) is 19.8 Å². The Hall–Kier alpha value is -3.78. The quantitative estimate of drug-likeness (QED) is 0.429. The minimum atomic E-state index is -3.95. The number of benzene rings is 2. The molecule has 1 atom stereocenters. The van der Waals surface area contributed by atoms with Crippen molar-refractivity contribution in [3.8, 4) is 0 Å². The summed E-state index contributed by atoms with van der Waals surface area (Å²) >= 11 is 0. The lowest BCUT2D eigenvalue weighted by atomic mass is 10.2. The molecule has 2 saturated heterocycles. The first kappa shape index (κ1) is 25.3. The molecule has 0 bridgehead atoms. The average Bonchev–Trinajstić information content (AvgIpc) is 3.23. The van der Waals surface area contributed by atoms with E-state index in [4.69, 9.17) is 4.74 Å². The Balaban J connectivity index is 1.41. The second kappa shape index (κ2) is 10.1. The van der Waals surface area contributed by atoms with Gasteiger partial charge in [-0.25, -0.2) is 17.6 Å². The van der Waals surface area contributed by atoms with Gasteiger partial charge in [0.25, 0.3) is 5.69 Å². The van der Waals surface area contributed by atoms with E-state index in [0.29, 0.717) is 5.69 Å². The second-order valence-corrected chi connectivity index (χ2v) is 10.3. The summed E-state index contributed by atoms with van der Waals surface area (Å²) in [7, 11) is -3.95. The van der Waals surface area contributed by atoms with Crippen LogP contribution in [-0.2, 0) is 19.6 Å². The zero-order chi connectivity index (χ0) is 26.0. The van der Waals surface area contributed by atoms with Crippen LogP contribution in [0.2, 0.25) is 0 Å². The van der Waals surface area contributed by atoms with Crippen LogP contribution in [0.1, 0.15) is 6.92 Å². The highest BCUT2D eigenvalue weighted by Gasteiger charge is 2.34. The van der Waals surface area contributed by atoms with Crippen LogP contribution in [0.15, 0.2) is 47.4 Å². The van der Waals surface area contributed by atoms with E-state index in [1.807, 2.05) is 0 Å². The Morgan fingerprint density at radius 3 is 2.56 bits per heavy atom. The number of sulfonamides is 1. The predicted octanol–water partition coefficient (Wildman–Crippen LogP) is 1.71. The fraction of sp³-hybridized carbons (Fsp3) is 0.364. The van der Waals surface area contributed by atoms with Crippen LogP contribution in [0.3, 0.4) is 0 Å². The van der Waals surface area contributed by atoms with E-state index in [1.165, 1.54) is 46.5 Å². The van der Waals surface area contributed by atoms with Crippen LogP contribution in [0.25, 0.3) is 0 Å². The Bertz CT molecular complexity index is 1300. The molecule has 0 aliphatic carbocycles. The number of cyclic esters (lactones) is 1. The normalized spacial score (nSPS) is 18.7. The number of nitro benzene ring substituents is 1. The van der Waals surface area contributed by atoms with Crippen molar-refractivity contribution < 1.29 is 32.1 Å². The molecule has 1 N–H and O–H groups in total. The molecule has 2 amide bonds. The molecule has 2 aliphatic heterocycles. The molecular formula is C22H24FN5O7S. The first-order valence-electron chi connectivity index (χ1n) is 11.1. The smallest absolute Gasteiger partial charge is 0.414 e. The Kier molecular flexibility index (Phi) is 7.08. The molecule has 2 aliphatic rings. The molecule has 0 aromatic heterocycles. The van der Waals surface area contributed by atoms with Gasteiger partial charge in [-0.15, -0.1) is 0 Å². The van der Waals surface area contributed by atoms with Crippen molar-refractivity contribution in [1.29, 1.82) is 0 Å². The SMILES string of the molecule is CC(=O)NC[C@H]1CN(c2ccc(N3CCN(S(=O)(=O)c4cccc([N+](=O)[O-])c4)CC3)c(F)c2)C(=O)O1. The molecule has 36 heavy (non-hydrogen) atoms. The zero-order valence-corrected chi connectivity index (χ0v) is 20.1. The highest BCUT2D eigenvalue weighted by Crippen LogP contribution is 2.29. The second-order valence-electron chi connectivity index (χ2n) is 8.33. The van der Waals surface area contributed by atoms with E-state index in [-0.39, 0.29) is 61.4 Å². The maximum absolute atomic E-state index is 15.0. The highest BCUT2D eigenvalue weighted by atomic mass is 32.2. The minimum absolute atomic E-state index is 0.0650. The van der Waals surface area contributed by atoms with Gasteiger partial charge in [0.1, 0.15) is 11.9 Å². The summed E-state index contributed by atoms with van der Waals surface area (Å²) in [5.74, 6) is -0.835. The van der Waals surface area contributed by atoms with Crippen LogP contribution in [-0.4, -0.2) is 75.0 Å². The van der Waals surface area contributed by atoms with Crippen molar-refractivity contribution in [1.82, 2.24) is 9.62 Å². The molecule has 14 heteroatoms. The number of rotatable bonds is 7. The van der Waals surface area contributed by atoms with E-state index < -0.39 is 33.0 Å². The number of nitrogens with zero attached hydrogens (tertiary/aromatic N) is 4. The molecule has 0 unspecified atom stereocenters. The predicted molar refractivity (Wildman–Crippen MR) is 127 cm³/mol. The summed E-state index contributed by atoms with van der Waals surface area (Å²) in [6.07, 6.45) is -1.19. The lowest BCUT2D eigenvalue weighted by Gasteiger charge is -2.35. The van der Waals surface area contributed by atoms with Gasteiger partial charge in [-0.1, -0.05) is 6.07 Å². The number of hydrogen-bond acceptors (Lipinski definition) is 8. The Morgan fingerprint density at radius 2 is 1.92 bits per heavy atom. The van der Waals surface area contributed by atoms with Gasteiger partial charge >= 0.3 is 6.09 Å². The number of hydrogen-bond donors (Lipinski definition) is 1. The average molecular weight is 522 g/mol. The van der Waals surface area contributed by atoms with Gasteiger partial charge in [0.05, 0.1) is 34.3 Å². The van der Waals surface area contributed by atoms with Crippen molar-refractivity contribution in [2.24, 2.45) is 0 Å². The number of anilines is 2. The van der Waals surface area contributed by atoms with Crippen LogP contribution < -0.4 is 15.1 Å². The monoisotopic (exact) mass is 521 g/mol. The number of nitro groups is 1. The van der Waals surface area contributed by atoms with Crippen molar-refractivity contribution in [3.05, 3.63) is 58.4 Å². The summed E-state index contributed by atoms with van der Waals surface area (Å²) < 4.78 is 47.3. The summed E-state index contributed by atoms with van der Waals surface area (Å²) in [4.78, 5) is 36.4. The first-order chi connectivity index (χ1) is 17.1. The topological polar surface area (TPSA) is 142 Å². The fourth-order valence-electron chi connectivity index (χ4n) is 4.09. The summed E-state index contributed by atoms with van der Waals surface area (Å²) in [6.45, 7) is 2.20. The van der Waals surface area contributed by atoms with Gasteiger partial charge in [-0.2, -0.15) is 4.31 Å². The molecular weight excluding hydrogens is 497 g/mol. The molecule has 2 aromatic carbocycles. The van der Waals surface area contributed by atoms with Gasteiger partial charge in [0.15, 0.2) is 0 Å². The molecule has 4 rings (SSSR count). The van der Waals surface area contributed by atoms with Crippen molar-refractivity contribution in [2.75, 3.05) is 49.1 Å². The number of carbonyl (C=O) groups excluding carboxylic acids is 2. The molecule has 0 spiro atoms. The Labute approximate surface area is 206 Å². The number of ether oxygens (including phenoxy) is 1. The standard InChI is InChI=1S/C22H24FN5O7S/c1-15(29)24-13-18-14-27(22(30)35-18)16-5-6-21(20(23)12-16)25-7-9-26(10-8-25)36(33,34)19-4-2-3-17(11-19)28(31)32/h2-6,11-12,18H,7-10,13-14H2,1H3,(H,24,29)/t18-/m0/s1. The van der Waals surface area contributed by atoms with Gasteiger partial charge in [0.2, 0.25) is 15.9 Å². The Morgan fingerprint density at radius 1 is 1.19 bits per heavy atom. The molecule has 192 valence electrons. The van der Waals surface area contributed by atoms with Crippen LogP contribution >= 0.6 is 0 Å². The lowest BCUT2D eigenvalue weighted by Crippen LogP contribution is -2.48. The van der Waals surface area contributed by atoms with E-state index in [1.54, 1.807) is 11.0 Å². The maximum Gasteiger partial charge on any atom is 0.414 e. The van der Waals surface area contributed by atoms with Crippen molar-refractivity contribution in [3.63, 3.8) is 0 Å². The fourth-order valence-corrected chi connectivity index (χ4v) is 5.55.